The number of hydrogen-bond acceptors (Lipinski definition) is 3. The number of amides is 1. The van der Waals surface area contributed by atoms with Crippen LogP contribution in [0.25, 0.3) is 0 Å². The minimum atomic E-state index is 0.0626. The maximum absolute atomic E-state index is 11.5. The summed E-state index contributed by atoms with van der Waals surface area (Å²) < 4.78 is 0. The van der Waals surface area contributed by atoms with E-state index in [0.29, 0.717) is 25.9 Å². The molecule has 1 aliphatic rings. The fourth-order valence-corrected chi connectivity index (χ4v) is 1.45. The Balaban J connectivity index is 2.45. The Morgan fingerprint density at radius 2 is 2.00 bits per heavy atom. The van der Waals surface area contributed by atoms with Crippen LogP contribution in [-0.2, 0) is 4.79 Å². The molecule has 0 saturated carbocycles. The van der Waals surface area contributed by atoms with Gasteiger partial charge in [0, 0.05) is 31.8 Å². The van der Waals surface area contributed by atoms with Gasteiger partial charge < -0.3 is 10.1 Å². The minimum absolute atomic E-state index is 0.0626. The van der Waals surface area contributed by atoms with Gasteiger partial charge in [0.1, 0.15) is 0 Å². The number of nitrogens with zero attached hydrogens (tertiary/aromatic N) is 2. The van der Waals surface area contributed by atoms with Gasteiger partial charge in [-0.25, -0.2) is 0 Å². The second kappa shape index (κ2) is 4.25. The predicted molar refractivity (Wildman–Crippen MR) is 49.9 cm³/mol. The number of rotatable bonds is 1. The molecule has 0 atom stereocenters. The van der Waals surface area contributed by atoms with Gasteiger partial charge >= 0.3 is 0 Å². The third-order valence-electron chi connectivity index (χ3n) is 2.29. The SMILES string of the molecule is CC(C)C(=O)N1CCC(=NO)CC1. The topological polar surface area (TPSA) is 52.9 Å². The molecule has 0 aromatic heterocycles. The van der Waals surface area contributed by atoms with E-state index in [9.17, 15) is 4.79 Å². The van der Waals surface area contributed by atoms with E-state index >= 15 is 0 Å². The summed E-state index contributed by atoms with van der Waals surface area (Å²) in [6.07, 6.45) is 1.41. The Morgan fingerprint density at radius 3 is 2.38 bits per heavy atom. The molecule has 1 fully saturated rings. The summed E-state index contributed by atoms with van der Waals surface area (Å²) in [5.74, 6) is 0.254. The summed E-state index contributed by atoms with van der Waals surface area (Å²) in [6, 6.07) is 0. The summed E-state index contributed by atoms with van der Waals surface area (Å²) in [5.41, 5.74) is 0.799. The first-order chi connectivity index (χ1) is 6.15. The van der Waals surface area contributed by atoms with Crippen LogP contribution in [-0.4, -0.2) is 34.8 Å². The summed E-state index contributed by atoms with van der Waals surface area (Å²) in [6.45, 7) is 5.18. The van der Waals surface area contributed by atoms with Gasteiger partial charge in [-0.05, 0) is 0 Å². The molecule has 0 spiro atoms. The molecule has 1 heterocycles. The molecule has 0 radical (unpaired) electrons. The molecule has 0 aromatic carbocycles. The molecule has 74 valence electrons. The van der Waals surface area contributed by atoms with Crippen molar-refractivity contribution in [3.63, 3.8) is 0 Å². The molecule has 1 N–H and O–H groups in total. The van der Waals surface area contributed by atoms with Gasteiger partial charge in [0.2, 0.25) is 5.91 Å². The van der Waals surface area contributed by atoms with E-state index in [-0.39, 0.29) is 11.8 Å². The molecular formula is C9H16N2O2. The highest BCUT2D eigenvalue weighted by molar-refractivity contribution is 5.87. The van der Waals surface area contributed by atoms with Gasteiger partial charge in [-0.1, -0.05) is 19.0 Å². The molecule has 1 rings (SSSR count). The maximum atomic E-state index is 11.5. The van der Waals surface area contributed by atoms with Gasteiger partial charge in [0.05, 0.1) is 5.71 Å². The van der Waals surface area contributed by atoms with Crippen molar-refractivity contribution in [3.8, 4) is 0 Å². The van der Waals surface area contributed by atoms with Gasteiger partial charge in [0.25, 0.3) is 0 Å². The van der Waals surface area contributed by atoms with Crippen molar-refractivity contribution in [3.05, 3.63) is 0 Å². The first kappa shape index (κ1) is 10.0. The lowest BCUT2D eigenvalue weighted by Gasteiger charge is -2.28. The zero-order chi connectivity index (χ0) is 9.84. The van der Waals surface area contributed by atoms with E-state index in [1.165, 1.54) is 0 Å². The second-order valence-electron chi connectivity index (χ2n) is 3.65. The van der Waals surface area contributed by atoms with Crippen LogP contribution in [0.2, 0.25) is 0 Å². The first-order valence-electron chi connectivity index (χ1n) is 4.63. The van der Waals surface area contributed by atoms with Crippen molar-refractivity contribution in [2.45, 2.75) is 26.7 Å². The van der Waals surface area contributed by atoms with Crippen LogP contribution >= 0.6 is 0 Å². The molecule has 13 heavy (non-hydrogen) atoms. The van der Waals surface area contributed by atoms with E-state index in [2.05, 4.69) is 5.16 Å². The highest BCUT2D eigenvalue weighted by Crippen LogP contribution is 2.10. The first-order valence-corrected chi connectivity index (χ1v) is 4.63. The summed E-state index contributed by atoms with van der Waals surface area (Å²) >= 11 is 0. The number of piperidine rings is 1. The Bertz CT molecular complexity index is 214. The smallest absolute Gasteiger partial charge is 0.225 e. The standard InChI is InChI=1S/C9H16N2O2/c1-7(2)9(12)11-5-3-8(10-13)4-6-11/h7,13H,3-6H2,1-2H3. The highest BCUT2D eigenvalue weighted by atomic mass is 16.4. The van der Waals surface area contributed by atoms with Crippen molar-refractivity contribution in [2.24, 2.45) is 11.1 Å². The molecule has 0 unspecified atom stereocenters. The van der Waals surface area contributed by atoms with Crippen LogP contribution in [0.15, 0.2) is 5.16 Å². The quantitative estimate of drug-likeness (QED) is 0.490. The largest absolute Gasteiger partial charge is 0.411 e. The van der Waals surface area contributed by atoms with Crippen molar-refractivity contribution in [2.75, 3.05) is 13.1 Å². The molecule has 1 aliphatic heterocycles. The Hall–Kier alpha value is -1.06. The van der Waals surface area contributed by atoms with E-state index in [0.717, 1.165) is 5.71 Å². The third-order valence-corrected chi connectivity index (χ3v) is 2.29. The lowest BCUT2D eigenvalue weighted by atomic mass is 10.1. The maximum Gasteiger partial charge on any atom is 0.225 e. The summed E-state index contributed by atoms with van der Waals surface area (Å²) in [4.78, 5) is 13.3. The number of likely N-dealkylation sites (tertiary alicyclic amines) is 1. The Kier molecular flexibility index (Phi) is 3.28. The molecule has 1 saturated heterocycles. The van der Waals surface area contributed by atoms with Crippen LogP contribution in [0.1, 0.15) is 26.7 Å². The number of carbonyl (C=O) groups is 1. The summed E-state index contributed by atoms with van der Waals surface area (Å²) in [7, 11) is 0. The van der Waals surface area contributed by atoms with E-state index in [1.807, 2.05) is 18.7 Å². The zero-order valence-electron chi connectivity index (χ0n) is 8.16. The van der Waals surface area contributed by atoms with Gasteiger partial charge in [-0.3, -0.25) is 4.79 Å². The zero-order valence-corrected chi connectivity index (χ0v) is 8.16. The lowest BCUT2D eigenvalue weighted by Crippen LogP contribution is -2.40. The molecular weight excluding hydrogens is 168 g/mol. The monoisotopic (exact) mass is 184 g/mol. The minimum Gasteiger partial charge on any atom is -0.411 e. The fraction of sp³-hybridized carbons (Fsp3) is 0.778. The van der Waals surface area contributed by atoms with Crippen molar-refractivity contribution in [1.29, 1.82) is 0 Å². The molecule has 0 aliphatic carbocycles. The molecule has 1 amide bonds. The van der Waals surface area contributed by atoms with Crippen molar-refractivity contribution in [1.82, 2.24) is 4.90 Å². The number of carbonyl (C=O) groups excluding carboxylic acids is 1. The second-order valence-corrected chi connectivity index (χ2v) is 3.65. The normalized spacial score (nSPS) is 17.8. The van der Waals surface area contributed by atoms with E-state index in [4.69, 9.17) is 5.21 Å². The van der Waals surface area contributed by atoms with Crippen LogP contribution in [0.4, 0.5) is 0 Å². The van der Waals surface area contributed by atoms with Gasteiger partial charge in [-0.2, -0.15) is 0 Å². The van der Waals surface area contributed by atoms with Crippen LogP contribution < -0.4 is 0 Å². The molecule has 0 bridgehead atoms. The fourth-order valence-electron chi connectivity index (χ4n) is 1.45. The Morgan fingerprint density at radius 1 is 1.46 bits per heavy atom. The van der Waals surface area contributed by atoms with Crippen LogP contribution in [0.5, 0.6) is 0 Å². The third kappa shape index (κ3) is 2.44. The van der Waals surface area contributed by atoms with Crippen LogP contribution in [0.3, 0.4) is 0 Å². The molecule has 4 nitrogen and oxygen atoms in total. The van der Waals surface area contributed by atoms with E-state index in [1.54, 1.807) is 0 Å². The van der Waals surface area contributed by atoms with Crippen molar-refractivity contribution >= 4 is 11.6 Å². The van der Waals surface area contributed by atoms with Crippen molar-refractivity contribution < 1.29 is 10.0 Å². The average molecular weight is 184 g/mol. The number of hydrogen-bond donors (Lipinski definition) is 1. The van der Waals surface area contributed by atoms with Crippen LogP contribution in [0, 0.1) is 5.92 Å². The van der Waals surface area contributed by atoms with E-state index < -0.39 is 0 Å². The molecule has 4 heteroatoms. The lowest BCUT2D eigenvalue weighted by molar-refractivity contribution is -0.134. The molecule has 0 aromatic rings. The van der Waals surface area contributed by atoms with Gasteiger partial charge in [0.15, 0.2) is 0 Å². The van der Waals surface area contributed by atoms with Gasteiger partial charge in [-0.15, -0.1) is 0 Å². The average Bonchev–Trinajstić information content (AvgIpc) is 2.17. The summed E-state index contributed by atoms with van der Waals surface area (Å²) in [5, 5.41) is 11.7. The Labute approximate surface area is 78.2 Å². The number of oxime groups is 1. The highest BCUT2D eigenvalue weighted by Gasteiger charge is 2.21. The predicted octanol–water partition coefficient (Wildman–Crippen LogP) is 1.09.